The van der Waals surface area contributed by atoms with Crippen molar-refractivity contribution in [1.29, 1.82) is 0 Å². The second kappa shape index (κ2) is 4.95. The monoisotopic (exact) mass is 164 g/mol. The predicted octanol–water partition coefficient (Wildman–Crippen LogP) is -0.222. The standard InChI is InChI=1S/C4H8N2O3S/c1-8-4(7)5-3(10)6-9-2/h1-2H3,(H2,5,6,7,10). The topological polar surface area (TPSA) is 59.6 Å². The maximum absolute atomic E-state index is 10.4. The maximum Gasteiger partial charge on any atom is 0.413 e. The lowest BCUT2D eigenvalue weighted by molar-refractivity contribution is 0.140. The molecule has 0 rings (SSSR count). The van der Waals surface area contributed by atoms with Crippen molar-refractivity contribution in [3.8, 4) is 0 Å². The van der Waals surface area contributed by atoms with Gasteiger partial charge in [0.15, 0.2) is 5.11 Å². The van der Waals surface area contributed by atoms with Gasteiger partial charge in [0, 0.05) is 0 Å². The fourth-order valence-corrected chi connectivity index (χ4v) is 0.429. The summed E-state index contributed by atoms with van der Waals surface area (Å²) in [7, 11) is 2.62. The first-order valence-electron chi connectivity index (χ1n) is 2.38. The highest BCUT2D eigenvalue weighted by Gasteiger charge is 2.00. The van der Waals surface area contributed by atoms with Crippen LogP contribution in [0.2, 0.25) is 0 Å². The number of hydrogen-bond donors (Lipinski definition) is 2. The van der Waals surface area contributed by atoms with Crippen molar-refractivity contribution < 1.29 is 14.4 Å². The van der Waals surface area contributed by atoms with E-state index in [9.17, 15) is 4.79 Å². The molecule has 5 nitrogen and oxygen atoms in total. The summed E-state index contributed by atoms with van der Waals surface area (Å²) in [5.41, 5.74) is 2.23. The molecule has 0 bridgehead atoms. The van der Waals surface area contributed by atoms with Crippen LogP contribution < -0.4 is 10.8 Å². The van der Waals surface area contributed by atoms with Crippen molar-refractivity contribution in [1.82, 2.24) is 10.8 Å². The van der Waals surface area contributed by atoms with Crippen LogP contribution in [0.4, 0.5) is 4.79 Å². The number of amides is 1. The first-order chi connectivity index (χ1) is 4.70. The van der Waals surface area contributed by atoms with E-state index in [2.05, 4.69) is 32.6 Å². The molecule has 0 heterocycles. The van der Waals surface area contributed by atoms with Crippen LogP contribution in [0.3, 0.4) is 0 Å². The third-order valence-corrected chi connectivity index (χ3v) is 0.781. The number of carbonyl (C=O) groups is 1. The summed E-state index contributed by atoms with van der Waals surface area (Å²) < 4.78 is 4.23. The van der Waals surface area contributed by atoms with Crippen molar-refractivity contribution >= 4 is 23.4 Å². The molecule has 0 aliphatic heterocycles. The summed E-state index contributed by atoms with van der Waals surface area (Å²) in [6.07, 6.45) is -0.630. The van der Waals surface area contributed by atoms with Crippen LogP contribution in [0, 0.1) is 0 Å². The van der Waals surface area contributed by atoms with Gasteiger partial charge in [-0.05, 0) is 12.2 Å². The lowest BCUT2D eigenvalue weighted by Gasteiger charge is -2.04. The molecular weight excluding hydrogens is 156 g/mol. The SMILES string of the molecule is CONC(=S)NC(=O)OC. The van der Waals surface area contributed by atoms with E-state index in [4.69, 9.17) is 0 Å². The highest BCUT2D eigenvalue weighted by molar-refractivity contribution is 7.80. The van der Waals surface area contributed by atoms with Crippen molar-refractivity contribution in [3.63, 3.8) is 0 Å². The Morgan fingerprint density at radius 1 is 1.50 bits per heavy atom. The summed E-state index contributed by atoms with van der Waals surface area (Å²) in [6, 6.07) is 0. The minimum atomic E-state index is -0.630. The Balaban J connectivity index is 3.47. The van der Waals surface area contributed by atoms with Gasteiger partial charge in [0.1, 0.15) is 0 Å². The van der Waals surface area contributed by atoms with E-state index in [1.165, 1.54) is 14.2 Å². The molecule has 0 radical (unpaired) electrons. The van der Waals surface area contributed by atoms with Crippen molar-refractivity contribution in [3.05, 3.63) is 0 Å². The van der Waals surface area contributed by atoms with Crippen molar-refractivity contribution in [2.45, 2.75) is 0 Å². The molecule has 58 valence electrons. The number of thiocarbonyl (C=S) groups is 1. The van der Waals surface area contributed by atoms with Crippen LogP contribution in [0.1, 0.15) is 0 Å². The molecule has 0 spiro atoms. The zero-order chi connectivity index (χ0) is 7.98. The third-order valence-electron chi connectivity index (χ3n) is 0.596. The average molecular weight is 164 g/mol. The molecule has 0 aromatic carbocycles. The quantitative estimate of drug-likeness (QED) is 0.414. The second-order valence-corrected chi connectivity index (χ2v) is 1.66. The van der Waals surface area contributed by atoms with E-state index in [0.29, 0.717) is 0 Å². The van der Waals surface area contributed by atoms with Gasteiger partial charge < -0.3 is 4.74 Å². The van der Waals surface area contributed by atoms with Crippen LogP contribution in [0.5, 0.6) is 0 Å². The lowest BCUT2D eigenvalue weighted by atomic mass is 11.0. The number of methoxy groups -OCH3 is 1. The third kappa shape index (κ3) is 4.04. The number of hydroxylamine groups is 1. The molecule has 0 saturated carbocycles. The molecule has 0 aliphatic rings. The van der Waals surface area contributed by atoms with Gasteiger partial charge in [-0.25, -0.2) is 10.3 Å². The van der Waals surface area contributed by atoms with Gasteiger partial charge >= 0.3 is 6.09 Å². The highest BCUT2D eigenvalue weighted by atomic mass is 32.1. The van der Waals surface area contributed by atoms with E-state index in [0.717, 1.165) is 0 Å². The van der Waals surface area contributed by atoms with Crippen molar-refractivity contribution in [2.24, 2.45) is 0 Å². The molecule has 0 aliphatic carbocycles. The maximum atomic E-state index is 10.4. The van der Waals surface area contributed by atoms with Crippen LogP contribution >= 0.6 is 12.2 Å². The molecule has 1 amide bonds. The van der Waals surface area contributed by atoms with Gasteiger partial charge in [-0.15, -0.1) is 0 Å². The second-order valence-electron chi connectivity index (χ2n) is 1.25. The predicted molar refractivity (Wildman–Crippen MR) is 38.3 cm³/mol. The summed E-state index contributed by atoms with van der Waals surface area (Å²) in [4.78, 5) is 14.8. The summed E-state index contributed by atoms with van der Waals surface area (Å²) in [5.74, 6) is 0. The van der Waals surface area contributed by atoms with Crippen molar-refractivity contribution in [2.75, 3.05) is 14.2 Å². The lowest BCUT2D eigenvalue weighted by Crippen LogP contribution is -2.38. The minimum absolute atomic E-state index is 0.0642. The molecule has 10 heavy (non-hydrogen) atoms. The van der Waals surface area contributed by atoms with Gasteiger partial charge in [0.25, 0.3) is 0 Å². The molecule has 2 N–H and O–H groups in total. The summed E-state index contributed by atoms with van der Waals surface area (Å²) >= 11 is 4.55. The molecule has 0 saturated heterocycles. The molecule has 0 fully saturated rings. The first-order valence-corrected chi connectivity index (χ1v) is 2.79. The molecule has 6 heteroatoms. The van der Waals surface area contributed by atoms with Crippen LogP contribution in [-0.4, -0.2) is 25.4 Å². The number of hydrogen-bond acceptors (Lipinski definition) is 4. The van der Waals surface area contributed by atoms with E-state index >= 15 is 0 Å². The van der Waals surface area contributed by atoms with Gasteiger partial charge in [0.2, 0.25) is 0 Å². The fraction of sp³-hybridized carbons (Fsp3) is 0.500. The smallest absolute Gasteiger partial charge is 0.413 e. The van der Waals surface area contributed by atoms with Gasteiger partial charge in [-0.2, -0.15) is 0 Å². The Bertz CT molecular complexity index is 138. The fourth-order valence-electron chi connectivity index (χ4n) is 0.262. The van der Waals surface area contributed by atoms with E-state index in [-0.39, 0.29) is 5.11 Å². The van der Waals surface area contributed by atoms with Gasteiger partial charge in [-0.1, -0.05) is 0 Å². The van der Waals surface area contributed by atoms with Crippen LogP contribution in [0.25, 0.3) is 0 Å². The van der Waals surface area contributed by atoms with Gasteiger partial charge in [-0.3, -0.25) is 10.2 Å². The molecule has 0 atom stereocenters. The van der Waals surface area contributed by atoms with Gasteiger partial charge in [0.05, 0.1) is 14.2 Å². The Morgan fingerprint density at radius 3 is 2.50 bits per heavy atom. The largest absolute Gasteiger partial charge is 0.453 e. The average Bonchev–Trinajstić information content (AvgIpc) is 1.88. The van der Waals surface area contributed by atoms with E-state index in [1.54, 1.807) is 0 Å². The Labute approximate surface area is 63.6 Å². The van der Waals surface area contributed by atoms with E-state index < -0.39 is 6.09 Å². The Kier molecular flexibility index (Phi) is 4.51. The normalized spacial score (nSPS) is 8.20. The van der Waals surface area contributed by atoms with E-state index in [1.807, 2.05) is 0 Å². The zero-order valence-corrected chi connectivity index (χ0v) is 6.45. The first kappa shape index (κ1) is 9.12. The number of alkyl carbamates (subject to hydrolysis) is 1. The van der Waals surface area contributed by atoms with Crippen LogP contribution in [0.15, 0.2) is 0 Å². The molecular formula is C4H8N2O3S. The highest BCUT2D eigenvalue weighted by Crippen LogP contribution is 1.71. The zero-order valence-electron chi connectivity index (χ0n) is 5.63. The minimum Gasteiger partial charge on any atom is -0.453 e. The number of nitrogens with one attached hydrogen (secondary N) is 2. The number of rotatable bonds is 1. The Hall–Kier alpha value is -0.880. The Morgan fingerprint density at radius 2 is 2.10 bits per heavy atom. The summed E-state index contributed by atoms with van der Waals surface area (Å²) in [6.45, 7) is 0. The summed E-state index contributed by atoms with van der Waals surface area (Å²) in [5, 5.41) is 2.23. The number of carbonyl (C=O) groups excluding carboxylic acids is 1. The number of ether oxygens (including phenoxy) is 1. The van der Waals surface area contributed by atoms with Crippen LogP contribution in [-0.2, 0) is 9.57 Å². The molecule has 0 aromatic rings. The molecule has 0 unspecified atom stereocenters. The molecule has 0 aromatic heterocycles.